The zero-order chi connectivity index (χ0) is 18.9. The molecule has 0 saturated heterocycles. The van der Waals surface area contributed by atoms with Crippen LogP contribution in [0.15, 0.2) is 62.6 Å². The van der Waals surface area contributed by atoms with Crippen LogP contribution in [0.3, 0.4) is 0 Å². The number of halogens is 1. The third-order valence-corrected chi connectivity index (χ3v) is 5.52. The maximum absolute atomic E-state index is 13.0. The Morgan fingerprint density at radius 1 is 1.15 bits per heavy atom. The highest BCUT2D eigenvalue weighted by atomic mass is 32.2. The highest BCUT2D eigenvalue weighted by Crippen LogP contribution is 2.17. The van der Waals surface area contributed by atoms with E-state index in [-0.39, 0.29) is 17.3 Å². The topological polar surface area (TPSA) is 85.4 Å². The van der Waals surface area contributed by atoms with E-state index in [9.17, 15) is 17.6 Å². The summed E-state index contributed by atoms with van der Waals surface area (Å²) in [4.78, 5) is 12.1. The van der Waals surface area contributed by atoms with Gasteiger partial charge < -0.3 is 4.42 Å². The van der Waals surface area contributed by atoms with Crippen molar-refractivity contribution in [3.63, 3.8) is 0 Å². The molecule has 2 aromatic carbocycles. The fourth-order valence-electron chi connectivity index (χ4n) is 2.30. The lowest BCUT2D eigenvalue weighted by Gasteiger charge is -2.12. The van der Waals surface area contributed by atoms with E-state index < -0.39 is 21.6 Å². The highest BCUT2D eigenvalue weighted by molar-refractivity contribution is 7.89. The van der Waals surface area contributed by atoms with Crippen LogP contribution in [0.25, 0.3) is 11.5 Å². The first-order valence-electron chi connectivity index (χ1n) is 7.63. The van der Waals surface area contributed by atoms with Gasteiger partial charge in [-0.15, -0.1) is 5.10 Å². The van der Waals surface area contributed by atoms with Crippen LogP contribution < -0.4 is 5.76 Å². The molecule has 0 bridgehead atoms. The molecular formula is C17H16FN3O4S. The van der Waals surface area contributed by atoms with E-state index in [2.05, 4.69) is 5.10 Å². The molecule has 0 N–H and O–H groups in total. The lowest BCUT2D eigenvalue weighted by Crippen LogP contribution is -2.22. The molecule has 0 aliphatic heterocycles. The molecule has 3 aromatic rings. The van der Waals surface area contributed by atoms with Gasteiger partial charge in [0.15, 0.2) is 0 Å². The third-order valence-electron chi connectivity index (χ3n) is 3.71. The summed E-state index contributed by atoms with van der Waals surface area (Å²) in [6.07, 6.45) is 0. The van der Waals surface area contributed by atoms with Gasteiger partial charge in [0.25, 0.3) is 0 Å². The number of hydrogen-bond acceptors (Lipinski definition) is 5. The zero-order valence-corrected chi connectivity index (χ0v) is 14.9. The smallest absolute Gasteiger partial charge is 0.388 e. The van der Waals surface area contributed by atoms with Crippen LogP contribution in [0.1, 0.15) is 5.56 Å². The summed E-state index contributed by atoms with van der Waals surface area (Å²) in [5, 5.41) is 4.09. The molecule has 9 heteroatoms. The van der Waals surface area contributed by atoms with Crippen molar-refractivity contribution < 1.29 is 17.2 Å². The van der Waals surface area contributed by atoms with Gasteiger partial charge in [-0.25, -0.2) is 21.9 Å². The number of nitrogens with zero attached hydrogens (tertiary/aromatic N) is 3. The predicted octanol–water partition coefficient (Wildman–Crippen LogP) is 1.94. The SMILES string of the molecule is CN(C)S(=O)(=O)c1cccc(Cn2nc(-c3ccc(F)cc3)oc2=O)c1. The number of benzene rings is 2. The molecule has 26 heavy (non-hydrogen) atoms. The molecule has 0 saturated carbocycles. The van der Waals surface area contributed by atoms with E-state index in [1.54, 1.807) is 12.1 Å². The van der Waals surface area contributed by atoms with Crippen molar-refractivity contribution in [3.8, 4) is 11.5 Å². The Labute approximate surface area is 149 Å². The minimum atomic E-state index is -3.58. The molecule has 0 amide bonds. The minimum absolute atomic E-state index is 0.0420. The third kappa shape index (κ3) is 3.58. The number of sulfonamides is 1. The second-order valence-electron chi connectivity index (χ2n) is 5.77. The summed E-state index contributed by atoms with van der Waals surface area (Å²) in [5.41, 5.74) is 1.04. The Balaban J connectivity index is 1.91. The maximum atomic E-state index is 13.0. The Morgan fingerprint density at radius 3 is 2.50 bits per heavy atom. The molecule has 7 nitrogen and oxygen atoms in total. The van der Waals surface area contributed by atoms with Gasteiger partial charge >= 0.3 is 5.76 Å². The summed E-state index contributed by atoms with van der Waals surface area (Å²) in [6.45, 7) is 0.0420. The summed E-state index contributed by atoms with van der Waals surface area (Å²) in [6, 6.07) is 11.6. The van der Waals surface area contributed by atoms with Gasteiger partial charge in [-0.2, -0.15) is 4.68 Å². The molecule has 0 aliphatic carbocycles. The predicted molar refractivity (Wildman–Crippen MR) is 92.6 cm³/mol. The summed E-state index contributed by atoms with van der Waals surface area (Å²) >= 11 is 0. The van der Waals surface area contributed by atoms with Crippen molar-refractivity contribution in [1.29, 1.82) is 0 Å². The zero-order valence-electron chi connectivity index (χ0n) is 14.1. The molecule has 0 radical (unpaired) electrons. The fourth-order valence-corrected chi connectivity index (χ4v) is 3.28. The van der Waals surface area contributed by atoms with Gasteiger partial charge in [0.2, 0.25) is 15.9 Å². The van der Waals surface area contributed by atoms with E-state index in [1.165, 1.54) is 50.5 Å². The van der Waals surface area contributed by atoms with Gasteiger partial charge in [-0.1, -0.05) is 12.1 Å². The van der Waals surface area contributed by atoms with Crippen LogP contribution >= 0.6 is 0 Å². The molecule has 0 atom stereocenters. The number of aromatic nitrogens is 2. The normalized spacial score (nSPS) is 11.8. The van der Waals surface area contributed by atoms with Crippen molar-refractivity contribution in [1.82, 2.24) is 14.1 Å². The molecule has 1 heterocycles. The van der Waals surface area contributed by atoms with Crippen molar-refractivity contribution in [2.45, 2.75) is 11.4 Å². The number of rotatable bonds is 5. The maximum Gasteiger partial charge on any atom is 0.437 e. The number of hydrogen-bond donors (Lipinski definition) is 0. The summed E-state index contributed by atoms with van der Waals surface area (Å²) in [5.74, 6) is -1.04. The van der Waals surface area contributed by atoms with Crippen LogP contribution in [0.4, 0.5) is 4.39 Å². The lowest BCUT2D eigenvalue weighted by atomic mass is 10.2. The second-order valence-corrected chi connectivity index (χ2v) is 7.92. The molecular weight excluding hydrogens is 361 g/mol. The fraction of sp³-hybridized carbons (Fsp3) is 0.176. The highest BCUT2D eigenvalue weighted by Gasteiger charge is 2.18. The van der Waals surface area contributed by atoms with E-state index in [4.69, 9.17) is 4.42 Å². The first kappa shape index (κ1) is 18.0. The average Bonchev–Trinajstić information content (AvgIpc) is 2.96. The Bertz CT molecular complexity index is 1090. The van der Waals surface area contributed by atoms with Gasteiger partial charge in [0.1, 0.15) is 5.82 Å². The largest absolute Gasteiger partial charge is 0.437 e. The van der Waals surface area contributed by atoms with Crippen molar-refractivity contribution in [2.75, 3.05) is 14.1 Å². The standard InChI is InChI=1S/C17H16FN3O4S/c1-20(2)26(23,24)15-5-3-4-12(10-15)11-21-17(22)25-16(19-21)13-6-8-14(18)9-7-13/h3-10H,11H2,1-2H3. The molecule has 0 unspecified atom stereocenters. The van der Waals surface area contributed by atoms with E-state index in [0.29, 0.717) is 11.1 Å². The minimum Gasteiger partial charge on any atom is -0.388 e. The van der Waals surface area contributed by atoms with E-state index in [1.807, 2.05) is 0 Å². The monoisotopic (exact) mass is 377 g/mol. The molecule has 136 valence electrons. The van der Waals surface area contributed by atoms with Crippen LogP contribution in [0.2, 0.25) is 0 Å². The van der Waals surface area contributed by atoms with Crippen molar-refractivity contribution >= 4 is 10.0 Å². The van der Waals surface area contributed by atoms with Crippen LogP contribution in [0.5, 0.6) is 0 Å². The van der Waals surface area contributed by atoms with Gasteiger partial charge in [-0.3, -0.25) is 0 Å². The second kappa shape index (κ2) is 6.85. The van der Waals surface area contributed by atoms with Crippen molar-refractivity contribution in [3.05, 3.63) is 70.5 Å². The summed E-state index contributed by atoms with van der Waals surface area (Å²) < 4.78 is 44.7. The molecule has 0 spiro atoms. The first-order valence-corrected chi connectivity index (χ1v) is 9.07. The Kier molecular flexibility index (Phi) is 4.75. The van der Waals surface area contributed by atoms with Gasteiger partial charge in [0.05, 0.1) is 11.4 Å². The van der Waals surface area contributed by atoms with E-state index in [0.717, 1.165) is 8.99 Å². The van der Waals surface area contributed by atoms with E-state index >= 15 is 0 Å². The molecule has 0 aliphatic rings. The van der Waals surface area contributed by atoms with Gasteiger partial charge in [0, 0.05) is 19.7 Å². The molecule has 3 rings (SSSR count). The molecule has 0 fully saturated rings. The Hall–Kier alpha value is -2.78. The first-order chi connectivity index (χ1) is 12.3. The quantitative estimate of drug-likeness (QED) is 0.678. The lowest BCUT2D eigenvalue weighted by molar-refractivity contribution is 0.494. The summed E-state index contributed by atoms with van der Waals surface area (Å²) in [7, 11) is -0.690. The average molecular weight is 377 g/mol. The Morgan fingerprint density at radius 2 is 1.85 bits per heavy atom. The van der Waals surface area contributed by atoms with Crippen LogP contribution in [-0.4, -0.2) is 36.6 Å². The van der Waals surface area contributed by atoms with Gasteiger partial charge in [-0.05, 0) is 42.0 Å². The molecule has 1 aromatic heterocycles. The van der Waals surface area contributed by atoms with Crippen molar-refractivity contribution in [2.24, 2.45) is 0 Å². The van der Waals surface area contributed by atoms with Crippen LogP contribution in [0, 0.1) is 5.82 Å². The van der Waals surface area contributed by atoms with Crippen LogP contribution in [-0.2, 0) is 16.6 Å².